The van der Waals surface area contributed by atoms with Crippen LogP contribution in [0.4, 0.5) is 10.1 Å². The number of carbonyl (C=O) groups is 1. The predicted octanol–water partition coefficient (Wildman–Crippen LogP) is 2.32. The van der Waals surface area contributed by atoms with Gasteiger partial charge in [0.2, 0.25) is 10.0 Å². The highest BCUT2D eigenvalue weighted by molar-refractivity contribution is 7.92. The standard InChI is InChI=1S/C16H15FN4O3S/c1-8-4-5-11(21-25(3,23)24)14(17)12(8)15(22)10-6-18-16-13(10)9(2)19-7-20-16/h4-7,21H,1-3H3,(H,18,19,20). The van der Waals surface area contributed by atoms with E-state index in [4.69, 9.17) is 0 Å². The zero-order chi connectivity index (χ0) is 18.4. The highest BCUT2D eigenvalue weighted by Gasteiger charge is 2.24. The van der Waals surface area contributed by atoms with Crippen LogP contribution in [0.25, 0.3) is 11.0 Å². The summed E-state index contributed by atoms with van der Waals surface area (Å²) in [5.41, 5.74) is 1.21. The third-order valence-corrected chi connectivity index (χ3v) is 4.37. The van der Waals surface area contributed by atoms with E-state index in [0.717, 1.165) is 6.26 Å². The Morgan fingerprint density at radius 3 is 2.64 bits per heavy atom. The van der Waals surface area contributed by atoms with Crippen molar-refractivity contribution in [1.82, 2.24) is 15.0 Å². The second-order valence-corrected chi connectivity index (χ2v) is 7.46. The van der Waals surface area contributed by atoms with Gasteiger partial charge in [-0.2, -0.15) is 0 Å². The Balaban J connectivity index is 2.18. The molecule has 3 aromatic rings. The number of sulfonamides is 1. The first-order valence-electron chi connectivity index (χ1n) is 7.29. The smallest absolute Gasteiger partial charge is 0.229 e. The lowest BCUT2D eigenvalue weighted by molar-refractivity contribution is 0.103. The van der Waals surface area contributed by atoms with E-state index in [-0.39, 0.29) is 16.8 Å². The Bertz CT molecular complexity index is 1110. The molecule has 25 heavy (non-hydrogen) atoms. The molecule has 2 aromatic heterocycles. The molecular weight excluding hydrogens is 347 g/mol. The number of ketones is 1. The number of aromatic nitrogens is 3. The molecule has 0 bridgehead atoms. The van der Waals surface area contributed by atoms with Crippen molar-refractivity contribution in [2.24, 2.45) is 0 Å². The van der Waals surface area contributed by atoms with E-state index in [1.54, 1.807) is 13.8 Å². The van der Waals surface area contributed by atoms with E-state index >= 15 is 0 Å². The van der Waals surface area contributed by atoms with E-state index in [1.807, 2.05) is 0 Å². The van der Waals surface area contributed by atoms with Gasteiger partial charge in [0.05, 0.1) is 34.2 Å². The maximum atomic E-state index is 14.8. The van der Waals surface area contributed by atoms with Crippen molar-refractivity contribution in [2.75, 3.05) is 11.0 Å². The Morgan fingerprint density at radius 2 is 1.96 bits per heavy atom. The lowest BCUT2D eigenvalue weighted by Gasteiger charge is -2.11. The first-order valence-corrected chi connectivity index (χ1v) is 9.18. The molecule has 0 saturated heterocycles. The summed E-state index contributed by atoms with van der Waals surface area (Å²) in [6, 6.07) is 2.77. The SMILES string of the molecule is Cc1ccc(NS(C)(=O)=O)c(F)c1C(=O)c1c[nH]c2ncnc(C)c12. The van der Waals surface area contributed by atoms with Gasteiger partial charge in [-0.15, -0.1) is 0 Å². The molecule has 3 rings (SSSR count). The highest BCUT2D eigenvalue weighted by atomic mass is 32.2. The molecule has 7 nitrogen and oxygen atoms in total. The monoisotopic (exact) mass is 362 g/mol. The largest absolute Gasteiger partial charge is 0.345 e. The summed E-state index contributed by atoms with van der Waals surface area (Å²) >= 11 is 0. The Kier molecular flexibility index (Phi) is 4.03. The molecule has 0 aliphatic heterocycles. The van der Waals surface area contributed by atoms with Gasteiger partial charge in [0.15, 0.2) is 11.6 Å². The molecule has 0 spiro atoms. The number of aromatic amines is 1. The van der Waals surface area contributed by atoms with Gasteiger partial charge in [0.1, 0.15) is 12.0 Å². The van der Waals surface area contributed by atoms with Crippen LogP contribution in [0, 0.1) is 19.7 Å². The van der Waals surface area contributed by atoms with Crippen molar-refractivity contribution >= 4 is 32.5 Å². The van der Waals surface area contributed by atoms with Crippen molar-refractivity contribution in [3.8, 4) is 0 Å². The van der Waals surface area contributed by atoms with Crippen LogP contribution in [-0.4, -0.2) is 35.4 Å². The van der Waals surface area contributed by atoms with Gasteiger partial charge in [-0.05, 0) is 25.5 Å². The Hall–Kier alpha value is -2.81. The fraction of sp³-hybridized carbons (Fsp3) is 0.188. The lowest BCUT2D eigenvalue weighted by Crippen LogP contribution is -2.14. The molecule has 0 atom stereocenters. The lowest BCUT2D eigenvalue weighted by atomic mass is 9.97. The minimum absolute atomic E-state index is 0.196. The molecule has 0 radical (unpaired) electrons. The van der Waals surface area contributed by atoms with Crippen LogP contribution >= 0.6 is 0 Å². The first kappa shape index (κ1) is 17.0. The van der Waals surface area contributed by atoms with Gasteiger partial charge < -0.3 is 4.98 Å². The zero-order valence-corrected chi connectivity index (χ0v) is 14.5. The second kappa shape index (κ2) is 5.92. The number of benzene rings is 1. The van der Waals surface area contributed by atoms with Gasteiger partial charge in [-0.25, -0.2) is 22.8 Å². The molecule has 0 amide bonds. The van der Waals surface area contributed by atoms with Crippen molar-refractivity contribution in [3.63, 3.8) is 0 Å². The molecule has 0 fully saturated rings. The third kappa shape index (κ3) is 3.10. The Morgan fingerprint density at radius 1 is 1.24 bits per heavy atom. The maximum Gasteiger partial charge on any atom is 0.229 e. The molecule has 2 N–H and O–H groups in total. The van der Waals surface area contributed by atoms with Gasteiger partial charge in [-0.3, -0.25) is 9.52 Å². The summed E-state index contributed by atoms with van der Waals surface area (Å²) in [6.07, 6.45) is 3.73. The molecule has 0 unspecified atom stereocenters. The maximum absolute atomic E-state index is 14.8. The number of aryl methyl sites for hydroxylation is 2. The molecule has 130 valence electrons. The molecule has 1 aromatic carbocycles. The summed E-state index contributed by atoms with van der Waals surface area (Å²) in [6.45, 7) is 3.30. The van der Waals surface area contributed by atoms with Crippen LogP contribution < -0.4 is 4.72 Å². The molecule has 0 aliphatic rings. The van der Waals surface area contributed by atoms with E-state index in [2.05, 4.69) is 19.7 Å². The number of hydrogen-bond donors (Lipinski definition) is 2. The summed E-state index contributed by atoms with van der Waals surface area (Å²) < 4.78 is 39.7. The number of rotatable bonds is 4. The quantitative estimate of drug-likeness (QED) is 0.693. The minimum Gasteiger partial charge on any atom is -0.345 e. The average Bonchev–Trinajstić information content (AvgIpc) is 2.94. The summed E-state index contributed by atoms with van der Waals surface area (Å²) in [5.74, 6) is -1.49. The number of fused-ring (bicyclic) bond motifs is 1. The highest BCUT2D eigenvalue weighted by Crippen LogP contribution is 2.28. The number of nitrogens with one attached hydrogen (secondary N) is 2. The van der Waals surface area contributed by atoms with Crippen LogP contribution in [0.5, 0.6) is 0 Å². The van der Waals surface area contributed by atoms with E-state index in [9.17, 15) is 17.6 Å². The molecule has 0 saturated carbocycles. The summed E-state index contributed by atoms with van der Waals surface area (Å²) in [5, 5.41) is 0.507. The number of carbonyl (C=O) groups excluding carboxylic acids is 1. The normalized spacial score (nSPS) is 11.7. The predicted molar refractivity (Wildman–Crippen MR) is 91.7 cm³/mol. The number of nitrogens with zero attached hydrogens (tertiary/aromatic N) is 2. The fourth-order valence-electron chi connectivity index (χ4n) is 2.66. The van der Waals surface area contributed by atoms with Gasteiger partial charge in [0, 0.05) is 6.20 Å². The number of hydrogen-bond acceptors (Lipinski definition) is 5. The third-order valence-electron chi connectivity index (χ3n) is 3.78. The van der Waals surface area contributed by atoms with E-state index in [1.165, 1.54) is 24.7 Å². The molecular formula is C16H15FN4O3S. The van der Waals surface area contributed by atoms with Gasteiger partial charge >= 0.3 is 0 Å². The van der Waals surface area contributed by atoms with Crippen molar-refractivity contribution in [3.05, 3.63) is 52.9 Å². The topological polar surface area (TPSA) is 105 Å². The molecule has 2 heterocycles. The fourth-order valence-corrected chi connectivity index (χ4v) is 3.22. The molecule has 0 aliphatic carbocycles. The number of H-pyrrole nitrogens is 1. The van der Waals surface area contributed by atoms with Crippen molar-refractivity contribution < 1.29 is 17.6 Å². The second-order valence-electron chi connectivity index (χ2n) is 5.71. The summed E-state index contributed by atoms with van der Waals surface area (Å²) in [4.78, 5) is 23.9. The van der Waals surface area contributed by atoms with Crippen LogP contribution in [0.15, 0.2) is 24.7 Å². The number of halogens is 1. The first-order chi connectivity index (χ1) is 11.7. The zero-order valence-electron chi connectivity index (χ0n) is 13.7. The van der Waals surface area contributed by atoms with Crippen LogP contribution in [-0.2, 0) is 10.0 Å². The van der Waals surface area contributed by atoms with E-state index in [0.29, 0.717) is 22.3 Å². The van der Waals surface area contributed by atoms with E-state index < -0.39 is 21.6 Å². The average molecular weight is 362 g/mol. The molecule has 9 heteroatoms. The minimum atomic E-state index is -3.68. The van der Waals surface area contributed by atoms with Crippen LogP contribution in [0.1, 0.15) is 27.2 Å². The van der Waals surface area contributed by atoms with Crippen LogP contribution in [0.3, 0.4) is 0 Å². The van der Waals surface area contributed by atoms with Crippen molar-refractivity contribution in [1.29, 1.82) is 0 Å². The number of anilines is 1. The summed E-state index contributed by atoms with van der Waals surface area (Å²) in [7, 11) is -3.68. The van der Waals surface area contributed by atoms with Crippen LogP contribution in [0.2, 0.25) is 0 Å². The Labute approximate surface area is 143 Å². The van der Waals surface area contributed by atoms with Crippen molar-refractivity contribution in [2.45, 2.75) is 13.8 Å². The van der Waals surface area contributed by atoms with Gasteiger partial charge in [0.25, 0.3) is 0 Å². The van der Waals surface area contributed by atoms with Gasteiger partial charge in [-0.1, -0.05) is 6.07 Å².